The molecule has 218 valence electrons. The van der Waals surface area contributed by atoms with Crippen molar-refractivity contribution in [3.8, 4) is 0 Å². The Bertz CT molecular complexity index is 689. The molecular formula is C20H37NO16. The predicted molar refractivity (Wildman–Crippen MR) is 114 cm³/mol. The highest BCUT2D eigenvalue weighted by atomic mass is 16.7. The van der Waals surface area contributed by atoms with Crippen molar-refractivity contribution in [3.05, 3.63) is 0 Å². The lowest BCUT2D eigenvalue weighted by atomic mass is 9.96. The van der Waals surface area contributed by atoms with E-state index >= 15 is 0 Å². The van der Waals surface area contributed by atoms with Crippen molar-refractivity contribution >= 4 is 0 Å². The Morgan fingerprint density at radius 1 is 0.541 bits per heavy atom. The summed E-state index contributed by atoms with van der Waals surface area (Å²) in [6, 6.07) is 0. The van der Waals surface area contributed by atoms with Gasteiger partial charge in [-0.2, -0.15) is 0 Å². The van der Waals surface area contributed by atoms with Gasteiger partial charge in [0.2, 0.25) is 0 Å². The van der Waals surface area contributed by atoms with Crippen molar-refractivity contribution in [2.24, 2.45) is 5.73 Å². The second-order valence-corrected chi connectivity index (χ2v) is 9.01. The third-order valence-corrected chi connectivity index (χ3v) is 6.45. The molecule has 0 aromatic rings. The van der Waals surface area contributed by atoms with Crippen molar-refractivity contribution in [1.82, 2.24) is 0 Å². The second-order valence-electron chi connectivity index (χ2n) is 9.01. The molecule has 0 bridgehead atoms. The van der Waals surface area contributed by atoms with Gasteiger partial charge >= 0.3 is 0 Å². The van der Waals surface area contributed by atoms with Gasteiger partial charge in [0.15, 0.2) is 18.9 Å². The Morgan fingerprint density at radius 3 is 1.57 bits per heavy atom. The molecule has 3 heterocycles. The van der Waals surface area contributed by atoms with E-state index in [0.717, 1.165) is 0 Å². The minimum Gasteiger partial charge on any atom is -0.394 e. The molecule has 0 saturated carbocycles. The predicted octanol–water partition coefficient (Wildman–Crippen LogP) is -7.59. The van der Waals surface area contributed by atoms with Gasteiger partial charge in [-0.3, -0.25) is 0 Å². The Balaban J connectivity index is 1.73. The fourth-order valence-corrected chi connectivity index (χ4v) is 4.25. The molecule has 17 heteroatoms. The second kappa shape index (κ2) is 13.6. The van der Waals surface area contributed by atoms with Crippen LogP contribution in [0.25, 0.3) is 0 Å². The summed E-state index contributed by atoms with van der Waals surface area (Å²) in [4.78, 5) is 0. The largest absolute Gasteiger partial charge is 0.394 e. The molecule has 0 amide bonds. The van der Waals surface area contributed by atoms with Gasteiger partial charge in [-0.1, -0.05) is 0 Å². The van der Waals surface area contributed by atoms with Crippen molar-refractivity contribution in [1.29, 1.82) is 0 Å². The molecule has 0 aliphatic carbocycles. The molecule has 0 spiro atoms. The van der Waals surface area contributed by atoms with Gasteiger partial charge < -0.3 is 85.2 Å². The van der Waals surface area contributed by atoms with E-state index in [9.17, 15) is 51.1 Å². The van der Waals surface area contributed by atoms with E-state index in [1.807, 2.05) is 0 Å². The molecule has 0 aromatic heterocycles. The molecule has 3 aliphatic heterocycles. The highest BCUT2D eigenvalue weighted by Gasteiger charge is 2.52. The number of aliphatic hydroxyl groups is 10. The van der Waals surface area contributed by atoms with Crippen molar-refractivity contribution in [3.63, 3.8) is 0 Å². The molecule has 1 unspecified atom stereocenters. The molecule has 0 aromatic carbocycles. The molecule has 0 radical (unpaired) electrons. The van der Waals surface area contributed by atoms with Crippen LogP contribution in [0, 0.1) is 0 Å². The van der Waals surface area contributed by atoms with Crippen LogP contribution in [-0.2, 0) is 28.4 Å². The van der Waals surface area contributed by atoms with Gasteiger partial charge in [0.1, 0.15) is 73.2 Å². The van der Waals surface area contributed by atoms with Crippen LogP contribution in [0.2, 0.25) is 0 Å². The SMILES string of the molecule is NCCO[C@H]1O[C@H](CO[C@H]2O[C@H](CO)[C@@H](O)[C@H](O)[C@@H]2O)[C@@H](O)C(O[C@H]2O[C@H](CO)[C@@H](O)[C@H](O)[C@@H]2O)[C@@H]1O. The monoisotopic (exact) mass is 547 g/mol. The summed E-state index contributed by atoms with van der Waals surface area (Å²) in [5.74, 6) is 0. The van der Waals surface area contributed by atoms with Crippen molar-refractivity contribution in [2.75, 3.05) is 33.0 Å². The topological polar surface area (TPSA) is 284 Å². The summed E-state index contributed by atoms with van der Waals surface area (Å²) in [5, 5.41) is 101. The van der Waals surface area contributed by atoms with Crippen molar-refractivity contribution in [2.45, 2.75) is 92.1 Å². The average Bonchev–Trinajstić information content (AvgIpc) is 2.89. The molecule has 3 fully saturated rings. The number of hydrogen-bond donors (Lipinski definition) is 11. The van der Waals surface area contributed by atoms with Crippen LogP contribution in [0.3, 0.4) is 0 Å². The van der Waals surface area contributed by atoms with Crippen LogP contribution in [-0.4, -0.2) is 176 Å². The fourth-order valence-electron chi connectivity index (χ4n) is 4.25. The fraction of sp³-hybridized carbons (Fsp3) is 1.00. The van der Waals surface area contributed by atoms with Crippen LogP contribution in [0.4, 0.5) is 0 Å². The van der Waals surface area contributed by atoms with Crippen LogP contribution < -0.4 is 5.73 Å². The van der Waals surface area contributed by atoms with Crippen LogP contribution in [0.5, 0.6) is 0 Å². The zero-order valence-corrected chi connectivity index (χ0v) is 19.7. The van der Waals surface area contributed by atoms with Crippen LogP contribution in [0.1, 0.15) is 0 Å². The lowest BCUT2D eigenvalue weighted by molar-refractivity contribution is -0.365. The summed E-state index contributed by atoms with van der Waals surface area (Å²) in [7, 11) is 0. The standard InChI is InChI=1S/C20H37NO16/c21-1-2-32-19-16(31)17(37-20-15(30)13(28)10(25)7(4-23)35-20)11(26)8(36-19)5-33-18-14(29)12(27)9(24)6(3-22)34-18/h6-20,22-31H,1-5,21H2/t6-,7-,8-,9-,10-,11-,12+,13+,14+,15+,16+,17?,18+,19+,20-/m1/s1. The molecule has 3 aliphatic rings. The maximum absolute atomic E-state index is 10.9. The molecule has 15 atom stereocenters. The first-order valence-electron chi connectivity index (χ1n) is 11.8. The van der Waals surface area contributed by atoms with Crippen LogP contribution >= 0.6 is 0 Å². The first-order chi connectivity index (χ1) is 17.5. The quantitative estimate of drug-likeness (QED) is 0.121. The molecule has 17 nitrogen and oxygen atoms in total. The number of hydrogen-bond acceptors (Lipinski definition) is 17. The first kappa shape index (κ1) is 30.9. The smallest absolute Gasteiger partial charge is 0.187 e. The molecule has 3 rings (SSSR count). The molecule has 3 saturated heterocycles. The van der Waals surface area contributed by atoms with E-state index in [0.29, 0.717) is 0 Å². The molecule has 12 N–H and O–H groups in total. The zero-order chi connectivity index (χ0) is 27.4. The third kappa shape index (κ3) is 6.73. The minimum absolute atomic E-state index is 0.0411. The van der Waals surface area contributed by atoms with E-state index in [4.69, 9.17) is 34.2 Å². The Morgan fingerprint density at radius 2 is 1.03 bits per heavy atom. The first-order valence-corrected chi connectivity index (χ1v) is 11.8. The number of ether oxygens (including phenoxy) is 6. The number of nitrogens with two attached hydrogens (primary N) is 1. The van der Waals surface area contributed by atoms with Crippen molar-refractivity contribution < 1.29 is 79.5 Å². The average molecular weight is 548 g/mol. The summed E-state index contributed by atoms with van der Waals surface area (Å²) >= 11 is 0. The van der Waals surface area contributed by atoms with Gasteiger partial charge in [-0.15, -0.1) is 0 Å². The van der Waals surface area contributed by atoms with Gasteiger partial charge in [-0.05, 0) is 0 Å². The van der Waals surface area contributed by atoms with Gasteiger partial charge in [0, 0.05) is 6.54 Å². The normalized spacial score (nSPS) is 49.2. The van der Waals surface area contributed by atoms with Gasteiger partial charge in [0.05, 0.1) is 26.4 Å². The third-order valence-electron chi connectivity index (χ3n) is 6.45. The maximum Gasteiger partial charge on any atom is 0.187 e. The van der Waals surface area contributed by atoms with Gasteiger partial charge in [-0.25, -0.2) is 0 Å². The zero-order valence-electron chi connectivity index (χ0n) is 19.7. The highest BCUT2D eigenvalue weighted by molar-refractivity contribution is 4.95. The van der Waals surface area contributed by atoms with Gasteiger partial charge in [0.25, 0.3) is 0 Å². The molecular weight excluding hydrogens is 510 g/mol. The lowest BCUT2D eigenvalue weighted by Crippen LogP contribution is -2.65. The molecule has 37 heavy (non-hydrogen) atoms. The van der Waals surface area contributed by atoms with E-state index in [2.05, 4.69) is 0 Å². The van der Waals surface area contributed by atoms with E-state index in [1.54, 1.807) is 0 Å². The highest BCUT2D eigenvalue weighted by Crippen LogP contribution is 2.30. The number of aliphatic hydroxyl groups excluding tert-OH is 10. The van der Waals surface area contributed by atoms with E-state index in [1.165, 1.54) is 0 Å². The summed E-state index contributed by atoms with van der Waals surface area (Å²) in [6.45, 7) is -2.01. The maximum atomic E-state index is 10.9. The summed E-state index contributed by atoms with van der Waals surface area (Å²) < 4.78 is 32.4. The van der Waals surface area contributed by atoms with E-state index < -0.39 is 112 Å². The van der Waals surface area contributed by atoms with E-state index in [-0.39, 0.29) is 13.2 Å². The Kier molecular flexibility index (Phi) is 11.3. The van der Waals surface area contributed by atoms with Crippen LogP contribution in [0.15, 0.2) is 0 Å². The lowest BCUT2D eigenvalue weighted by Gasteiger charge is -2.46. The minimum atomic E-state index is -1.83. The Hall–Kier alpha value is -0.680. The Labute approximate surface area is 211 Å². The summed E-state index contributed by atoms with van der Waals surface area (Å²) in [6.07, 6.45) is -23.9. The number of rotatable bonds is 10. The summed E-state index contributed by atoms with van der Waals surface area (Å²) in [5.41, 5.74) is 5.43.